The largest absolute Gasteiger partial charge is 0.429 e. The molecule has 1 aliphatic rings. The molecule has 1 aromatic rings. The third-order valence-corrected chi connectivity index (χ3v) is 3.10. The molecule has 1 N–H and O–H groups in total. The minimum atomic E-state index is -0.434. The fraction of sp³-hybridized carbons (Fsp3) is 0.615. The Labute approximate surface area is 121 Å². The van der Waals surface area contributed by atoms with Gasteiger partial charge in [-0.3, -0.25) is 18.9 Å². The summed E-state index contributed by atoms with van der Waals surface area (Å²) in [6.07, 6.45) is 1.01. The van der Waals surface area contributed by atoms with Crippen molar-refractivity contribution in [1.29, 1.82) is 0 Å². The number of guanidine groups is 1. The summed E-state index contributed by atoms with van der Waals surface area (Å²) in [6.45, 7) is 5.25. The molecule has 0 unspecified atom stereocenters. The summed E-state index contributed by atoms with van der Waals surface area (Å²) >= 11 is 0. The van der Waals surface area contributed by atoms with E-state index in [1.54, 1.807) is 7.05 Å². The van der Waals surface area contributed by atoms with Crippen molar-refractivity contribution in [2.24, 2.45) is 24.1 Å². The lowest BCUT2D eigenvalue weighted by Gasteiger charge is -2.04. The van der Waals surface area contributed by atoms with E-state index in [4.69, 9.17) is 4.74 Å². The highest BCUT2D eigenvalue weighted by atomic mass is 16.5. The summed E-state index contributed by atoms with van der Waals surface area (Å²) < 4.78 is 7.77. The number of hydrogen-bond donors (Lipinski definition) is 1. The predicted molar refractivity (Wildman–Crippen MR) is 75.8 cm³/mol. The summed E-state index contributed by atoms with van der Waals surface area (Å²) in [6, 6.07) is 0. The van der Waals surface area contributed by atoms with Gasteiger partial charge in [0.15, 0.2) is 0 Å². The minimum Gasteiger partial charge on any atom is -0.379 e. The molecule has 1 aromatic heterocycles. The van der Waals surface area contributed by atoms with Gasteiger partial charge in [0.2, 0.25) is 0 Å². The number of rotatable bonds is 5. The van der Waals surface area contributed by atoms with Gasteiger partial charge in [-0.25, -0.2) is 4.79 Å². The van der Waals surface area contributed by atoms with Crippen LogP contribution in [0.5, 0.6) is 0 Å². The molecule has 0 aromatic carbocycles. The van der Waals surface area contributed by atoms with Gasteiger partial charge in [-0.15, -0.1) is 0 Å². The van der Waals surface area contributed by atoms with Crippen molar-refractivity contribution < 1.29 is 9.73 Å². The Bertz CT molecular complexity index is 801. The van der Waals surface area contributed by atoms with Crippen LogP contribution in [0.1, 0.15) is 20.3 Å². The molecular formula is C13H20N5O3+. The van der Waals surface area contributed by atoms with Crippen LogP contribution in [0, 0.1) is 0 Å². The van der Waals surface area contributed by atoms with Crippen LogP contribution in [0.3, 0.4) is 0 Å². The zero-order valence-electron chi connectivity index (χ0n) is 12.7. The SMILES string of the molecule is CC(C)OCCC[NH+]=C1N=c2c(=O)n(C)c(=O)n(C)c2=N1. The van der Waals surface area contributed by atoms with Crippen molar-refractivity contribution in [2.45, 2.75) is 26.4 Å². The van der Waals surface area contributed by atoms with Crippen molar-refractivity contribution in [2.75, 3.05) is 13.2 Å². The Morgan fingerprint density at radius 1 is 1.19 bits per heavy atom. The maximum atomic E-state index is 12.0. The summed E-state index contributed by atoms with van der Waals surface area (Å²) in [5, 5.41) is 0.195. The second-order valence-electron chi connectivity index (χ2n) is 5.13. The summed E-state index contributed by atoms with van der Waals surface area (Å²) in [5.41, 5.74) is -0.551. The van der Waals surface area contributed by atoms with Crippen molar-refractivity contribution in [3.63, 3.8) is 0 Å². The fourth-order valence-electron chi connectivity index (χ4n) is 1.94. The molecule has 0 aliphatic carbocycles. The molecule has 114 valence electrons. The third-order valence-electron chi connectivity index (χ3n) is 3.10. The van der Waals surface area contributed by atoms with E-state index in [9.17, 15) is 9.59 Å². The normalized spacial score (nSPS) is 15.2. The molecule has 8 nitrogen and oxygen atoms in total. The van der Waals surface area contributed by atoms with E-state index in [1.807, 2.05) is 13.8 Å². The van der Waals surface area contributed by atoms with Gasteiger partial charge in [0, 0.05) is 27.1 Å². The summed E-state index contributed by atoms with van der Waals surface area (Å²) in [5.74, 6) is 0.354. The summed E-state index contributed by atoms with van der Waals surface area (Å²) in [7, 11) is 2.99. The van der Waals surface area contributed by atoms with Crippen LogP contribution >= 0.6 is 0 Å². The minimum absolute atomic E-state index is 0.195. The van der Waals surface area contributed by atoms with Crippen molar-refractivity contribution in [3.8, 4) is 0 Å². The van der Waals surface area contributed by atoms with Crippen molar-refractivity contribution in [1.82, 2.24) is 9.13 Å². The van der Waals surface area contributed by atoms with E-state index in [0.717, 1.165) is 11.0 Å². The van der Waals surface area contributed by atoms with E-state index in [-0.39, 0.29) is 11.5 Å². The first kappa shape index (κ1) is 15.3. The molecule has 2 heterocycles. The molecule has 21 heavy (non-hydrogen) atoms. The van der Waals surface area contributed by atoms with Crippen molar-refractivity contribution in [3.05, 3.63) is 31.7 Å². The molecule has 0 atom stereocenters. The second-order valence-corrected chi connectivity index (χ2v) is 5.13. The number of nitrogens with one attached hydrogen (secondary N) is 1. The Balaban J connectivity index is 2.22. The molecular weight excluding hydrogens is 274 g/mol. The lowest BCUT2D eigenvalue weighted by Crippen LogP contribution is -2.72. The first-order valence-corrected chi connectivity index (χ1v) is 6.87. The van der Waals surface area contributed by atoms with Crippen LogP contribution in [0.25, 0.3) is 0 Å². The second kappa shape index (κ2) is 6.13. The highest BCUT2D eigenvalue weighted by molar-refractivity contribution is 5.77. The van der Waals surface area contributed by atoms with E-state index < -0.39 is 11.2 Å². The van der Waals surface area contributed by atoms with Gasteiger partial charge >= 0.3 is 17.2 Å². The average Bonchev–Trinajstić information content (AvgIpc) is 2.86. The smallest absolute Gasteiger partial charge is 0.379 e. The number of fused-ring (bicyclic) bond motifs is 1. The van der Waals surface area contributed by atoms with Gasteiger partial charge in [0.25, 0.3) is 10.8 Å². The third kappa shape index (κ3) is 3.15. The maximum Gasteiger partial charge on any atom is 0.429 e. The standard InChI is InChI=1S/C13H19N5O3/c1-8(2)21-7-5-6-14-12-15-9-10(16-12)17(3)13(20)18(4)11(9)19/h8H,5-7H2,1-4H3/p+1. The van der Waals surface area contributed by atoms with E-state index >= 15 is 0 Å². The number of ether oxygens (including phenoxy) is 1. The zero-order valence-corrected chi connectivity index (χ0v) is 12.7. The van der Waals surface area contributed by atoms with Crippen LogP contribution in [-0.2, 0) is 18.8 Å². The van der Waals surface area contributed by atoms with Crippen LogP contribution in [0.15, 0.2) is 19.6 Å². The lowest BCUT2D eigenvalue weighted by atomic mass is 10.4. The Morgan fingerprint density at radius 2 is 1.90 bits per heavy atom. The molecule has 0 spiro atoms. The van der Waals surface area contributed by atoms with Gasteiger partial charge in [-0.1, -0.05) is 4.99 Å². The molecule has 0 radical (unpaired) electrons. The molecule has 8 heteroatoms. The number of aromatic nitrogens is 2. The Morgan fingerprint density at radius 3 is 2.57 bits per heavy atom. The quantitative estimate of drug-likeness (QED) is 0.574. The van der Waals surface area contributed by atoms with Crippen molar-refractivity contribution >= 4 is 5.96 Å². The van der Waals surface area contributed by atoms with Gasteiger partial charge < -0.3 is 4.74 Å². The van der Waals surface area contributed by atoms with Crippen LogP contribution in [0.2, 0.25) is 0 Å². The predicted octanol–water partition coefficient (Wildman–Crippen LogP) is -3.41. The van der Waals surface area contributed by atoms with Gasteiger partial charge in [-0.2, -0.15) is 0 Å². The Hall–Kier alpha value is -2.09. The molecule has 0 saturated carbocycles. The van der Waals surface area contributed by atoms with Gasteiger partial charge in [0.05, 0.1) is 12.6 Å². The monoisotopic (exact) mass is 294 g/mol. The van der Waals surface area contributed by atoms with E-state index in [1.165, 1.54) is 11.6 Å². The zero-order chi connectivity index (χ0) is 15.6. The lowest BCUT2D eigenvalue weighted by molar-refractivity contribution is -0.460. The molecule has 0 saturated heterocycles. The Kier molecular flexibility index (Phi) is 4.46. The molecule has 0 amide bonds. The molecule has 2 rings (SSSR count). The summed E-state index contributed by atoms with van der Waals surface area (Å²) in [4.78, 5) is 35.1. The van der Waals surface area contributed by atoms with Gasteiger partial charge in [-0.05, 0) is 18.8 Å². The molecule has 0 fully saturated rings. The van der Waals surface area contributed by atoms with Crippen LogP contribution in [-0.4, -0.2) is 34.3 Å². The maximum absolute atomic E-state index is 12.0. The number of hydrogen-bond acceptors (Lipinski definition) is 3. The van der Waals surface area contributed by atoms with E-state index in [0.29, 0.717) is 24.6 Å². The highest BCUT2D eigenvalue weighted by Gasteiger charge is 2.21. The topological polar surface area (TPSA) is 91.9 Å². The average molecular weight is 294 g/mol. The van der Waals surface area contributed by atoms with Gasteiger partial charge in [0.1, 0.15) is 0 Å². The first-order valence-electron chi connectivity index (χ1n) is 6.87. The number of nitrogens with zero attached hydrogens (tertiary/aromatic N) is 4. The van der Waals surface area contributed by atoms with E-state index in [2.05, 4.69) is 15.0 Å². The fourth-order valence-corrected chi connectivity index (χ4v) is 1.94. The molecule has 0 bridgehead atoms. The molecule has 1 aliphatic heterocycles. The van der Waals surface area contributed by atoms with Crippen LogP contribution < -0.4 is 27.1 Å². The highest BCUT2D eigenvalue weighted by Crippen LogP contribution is 1.87. The first-order chi connectivity index (χ1) is 9.91. The van der Waals surface area contributed by atoms with Crippen LogP contribution in [0.4, 0.5) is 0 Å².